The molecule has 24 heavy (non-hydrogen) atoms. The SMILES string of the molecule is CCN(CC)CCCCNC(=O)c1sc(-c2ccccn2)nc1C. The number of nitrogens with zero attached hydrogens (tertiary/aromatic N) is 3. The molecular formula is C18H26N4OS. The fourth-order valence-electron chi connectivity index (χ4n) is 2.49. The van der Waals surface area contributed by atoms with Crippen LogP contribution < -0.4 is 5.32 Å². The van der Waals surface area contributed by atoms with Crippen molar-refractivity contribution in [3.8, 4) is 10.7 Å². The summed E-state index contributed by atoms with van der Waals surface area (Å²) >= 11 is 1.40. The van der Waals surface area contributed by atoms with Gasteiger partial charge in [-0.05, 0) is 51.5 Å². The molecule has 0 aliphatic carbocycles. The van der Waals surface area contributed by atoms with E-state index < -0.39 is 0 Å². The average Bonchev–Trinajstić information content (AvgIpc) is 3.00. The third kappa shape index (κ3) is 5.11. The van der Waals surface area contributed by atoms with Crippen molar-refractivity contribution in [1.82, 2.24) is 20.2 Å². The average molecular weight is 347 g/mol. The largest absolute Gasteiger partial charge is 0.351 e. The Morgan fingerprint density at radius 3 is 2.71 bits per heavy atom. The van der Waals surface area contributed by atoms with Crippen LogP contribution in [0, 0.1) is 6.92 Å². The number of nitrogens with one attached hydrogen (secondary N) is 1. The highest BCUT2D eigenvalue weighted by Crippen LogP contribution is 2.26. The molecule has 0 radical (unpaired) electrons. The maximum Gasteiger partial charge on any atom is 0.263 e. The van der Waals surface area contributed by atoms with Crippen molar-refractivity contribution in [3.63, 3.8) is 0 Å². The minimum Gasteiger partial charge on any atom is -0.351 e. The molecule has 2 aromatic rings. The number of unbranched alkanes of at least 4 members (excludes halogenated alkanes) is 1. The predicted octanol–water partition coefficient (Wildman–Crippen LogP) is 3.37. The van der Waals surface area contributed by atoms with Crippen molar-refractivity contribution in [1.29, 1.82) is 0 Å². The van der Waals surface area contributed by atoms with Gasteiger partial charge >= 0.3 is 0 Å². The smallest absolute Gasteiger partial charge is 0.263 e. The summed E-state index contributed by atoms with van der Waals surface area (Å²) in [5.41, 5.74) is 1.57. The Kier molecular flexibility index (Phi) is 7.34. The molecule has 6 heteroatoms. The summed E-state index contributed by atoms with van der Waals surface area (Å²) in [6.07, 6.45) is 3.83. The lowest BCUT2D eigenvalue weighted by Crippen LogP contribution is -2.27. The molecule has 0 bridgehead atoms. The van der Waals surface area contributed by atoms with E-state index in [1.54, 1.807) is 6.20 Å². The van der Waals surface area contributed by atoms with Crippen LogP contribution in [0.3, 0.4) is 0 Å². The molecule has 0 fully saturated rings. The van der Waals surface area contributed by atoms with Gasteiger partial charge in [0.05, 0.1) is 11.4 Å². The highest BCUT2D eigenvalue weighted by Gasteiger charge is 2.16. The molecule has 0 aliphatic heterocycles. The second kappa shape index (κ2) is 9.49. The highest BCUT2D eigenvalue weighted by atomic mass is 32.1. The van der Waals surface area contributed by atoms with E-state index in [9.17, 15) is 4.79 Å². The highest BCUT2D eigenvalue weighted by molar-refractivity contribution is 7.17. The van der Waals surface area contributed by atoms with Crippen LogP contribution in [0.4, 0.5) is 0 Å². The number of carbonyl (C=O) groups excluding carboxylic acids is 1. The van der Waals surface area contributed by atoms with Gasteiger partial charge in [-0.1, -0.05) is 19.9 Å². The molecule has 0 saturated heterocycles. The molecule has 2 aromatic heterocycles. The molecule has 5 nitrogen and oxygen atoms in total. The number of aryl methyl sites for hydroxylation is 1. The molecule has 1 N–H and O–H groups in total. The summed E-state index contributed by atoms with van der Waals surface area (Å²) in [6, 6.07) is 5.71. The van der Waals surface area contributed by atoms with Gasteiger partial charge in [0.25, 0.3) is 5.91 Å². The Morgan fingerprint density at radius 2 is 2.04 bits per heavy atom. The van der Waals surface area contributed by atoms with E-state index in [0.717, 1.165) is 48.9 Å². The van der Waals surface area contributed by atoms with Crippen LogP contribution in [0.5, 0.6) is 0 Å². The monoisotopic (exact) mass is 346 g/mol. The number of aromatic nitrogens is 2. The van der Waals surface area contributed by atoms with E-state index in [1.165, 1.54) is 11.3 Å². The molecule has 2 rings (SSSR count). The van der Waals surface area contributed by atoms with Crippen LogP contribution in [0.25, 0.3) is 10.7 Å². The lowest BCUT2D eigenvalue weighted by molar-refractivity contribution is 0.0956. The van der Waals surface area contributed by atoms with E-state index in [-0.39, 0.29) is 5.91 Å². The van der Waals surface area contributed by atoms with Crippen molar-refractivity contribution in [3.05, 3.63) is 35.0 Å². The summed E-state index contributed by atoms with van der Waals surface area (Å²) in [5, 5.41) is 3.80. The Bertz CT molecular complexity index is 638. The summed E-state index contributed by atoms with van der Waals surface area (Å²) in [5.74, 6) is -0.0324. The van der Waals surface area contributed by atoms with Crippen LogP contribution in [0.15, 0.2) is 24.4 Å². The standard InChI is InChI=1S/C18H26N4OS/c1-4-22(5-2)13-9-8-12-20-17(23)16-14(3)21-18(24-16)15-10-6-7-11-19-15/h6-7,10-11H,4-5,8-9,12-13H2,1-3H3,(H,20,23). The fraction of sp³-hybridized carbons (Fsp3) is 0.500. The van der Waals surface area contributed by atoms with Gasteiger partial charge in [-0.15, -0.1) is 11.3 Å². The minimum atomic E-state index is -0.0324. The van der Waals surface area contributed by atoms with Gasteiger partial charge in [-0.3, -0.25) is 9.78 Å². The minimum absolute atomic E-state index is 0.0324. The van der Waals surface area contributed by atoms with Crippen molar-refractivity contribution >= 4 is 17.2 Å². The van der Waals surface area contributed by atoms with Gasteiger partial charge in [0, 0.05) is 12.7 Å². The third-order valence-electron chi connectivity index (χ3n) is 3.97. The van der Waals surface area contributed by atoms with E-state index >= 15 is 0 Å². The molecule has 0 spiro atoms. The quantitative estimate of drug-likeness (QED) is 0.707. The Labute approximate surface area is 148 Å². The first kappa shape index (κ1) is 18.5. The number of pyridine rings is 1. The van der Waals surface area contributed by atoms with Gasteiger partial charge in [0.15, 0.2) is 0 Å². The van der Waals surface area contributed by atoms with Crippen LogP contribution >= 0.6 is 11.3 Å². The van der Waals surface area contributed by atoms with Gasteiger partial charge in [-0.25, -0.2) is 4.98 Å². The number of hydrogen-bond acceptors (Lipinski definition) is 5. The van der Waals surface area contributed by atoms with Crippen molar-refractivity contribution in [2.24, 2.45) is 0 Å². The predicted molar refractivity (Wildman–Crippen MR) is 99.4 cm³/mol. The van der Waals surface area contributed by atoms with Crippen LogP contribution in [0.2, 0.25) is 0 Å². The maximum absolute atomic E-state index is 12.3. The molecule has 0 aliphatic rings. The zero-order chi connectivity index (χ0) is 17.4. The summed E-state index contributed by atoms with van der Waals surface area (Å²) < 4.78 is 0. The number of amides is 1. The van der Waals surface area contributed by atoms with Crippen molar-refractivity contribution in [2.75, 3.05) is 26.2 Å². The van der Waals surface area contributed by atoms with Gasteiger partial charge in [0.1, 0.15) is 9.88 Å². The van der Waals surface area contributed by atoms with Crippen molar-refractivity contribution in [2.45, 2.75) is 33.6 Å². The second-order valence-electron chi connectivity index (χ2n) is 5.64. The Balaban J connectivity index is 1.84. The van der Waals surface area contributed by atoms with Crippen LogP contribution in [0.1, 0.15) is 42.1 Å². The first-order chi connectivity index (χ1) is 11.7. The molecule has 0 unspecified atom stereocenters. The van der Waals surface area contributed by atoms with Gasteiger partial charge in [0.2, 0.25) is 0 Å². The summed E-state index contributed by atoms with van der Waals surface area (Å²) in [7, 11) is 0. The zero-order valence-corrected chi connectivity index (χ0v) is 15.5. The first-order valence-electron chi connectivity index (χ1n) is 8.55. The van der Waals surface area contributed by atoms with E-state index in [0.29, 0.717) is 11.4 Å². The Morgan fingerprint density at radius 1 is 1.25 bits per heavy atom. The lowest BCUT2D eigenvalue weighted by atomic mass is 10.2. The molecule has 0 atom stereocenters. The Hall–Kier alpha value is -1.79. The van der Waals surface area contributed by atoms with Crippen LogP contribution in [-0.2, 0) is 0 Å². The molecule has 1 amide bonds. The number of carbonyl (C=O) groups is 1. The maximum atomic E-state index is 12.3. The van der Waals surface area contributed by atoms with Gasteiger partial charge in [-0.2, -0.15) is 0 Å². The fourth-order valence-corrected chi connectivity index (χ4v) is 3.45. The zero-order valence-electron chi connectivity index (χ0n) is 14.7. The molecular weight excluding hydrogens is 320 g/mol. The first-order valence-corrected chi connectivity index (χ1v) is 9.36. The number of rotatable bonds is 9. The topological polar surface area (TPSA) is 58.1 Å². The summed E-state index contributed by atoms with van der Waals surface area (Å²) in [4.78, 5) is 24.2. The lowest BCUT2D eigenvalue weighted by Gasteiger charge is -2.17. The van der Waals surface area contributed by atoms with E-state index in [1.807, 2.05) is 25.1 Å². The molecule has 0 aromatic carbocycles. The molecule has 130 valence electrons. The molecule has 2 heterocycles. The molecule has 0 saturated carbocycles. The second-order valence-corrected chi connectivity index (χ2v) is 6.64. The normalized spacial score (nSPS) is 11.0. The van der Waals surface area contributed by atoms with E-state index in [4.69, 9.17) is 0 Å². The summed E-state index contributed by atoms with van der Waals surface area (Å²) in [6.45, 7) is 10.2. The van der Waals surface area contributed by atoms with E-state index in [2.05, 4.69) is 34.0 Å². The van der Waals surface area contributed by atoms with Gasteiger partial charge < -0.3 is 10.2 Å². The third-order valence-corrected chi connectivity index (χ3v) is 5.15. The van der Waals surface area contributed by atoms with Crippen LogP contribution in [-0.4, -0.2) is 47.0 Å². The number of hydrogen-bond donors (Lipinski definition) is 1. The number of thiazole rings is 1. The van der Waals surface area contributed by atoms with Crippen molar-refractivity contribution < 1.29 is 4.79 Å².